The lowest BCUT2D eigenvalue weighted by Gasteiger charge is -1.89. The maximum atomic E-state index is 5.40. The van der Waals surface area contributed by atoms with Crippen molar-refractivity contribution in [3.8, 4) is 0 Å². The first kappa shape index (κ1) is 8.04. The Morgan fingerprint density at radius 2 is 1.86 bits per heavy atom. The highest BCUT2D eigenvalue weighted by atomic mass is 36.1. The van der Waals surface area contributed by atoms with Crippen LogP contribution in [-0.4, -0.2) is 6.16 Å². The monoisotopic (exact) mass is 177 g/mol. The van der Waals surface area contributed by atoms with Crippen LogP contribution in [0.25, 0.3) is 0 Å². The predicted octanol–water partition coefficient (Wildman–Crippen LogP) is 3.65. The van der Waals surface area contributed by atoms with Gasteiger partial charge in [0.05, 0.1) is 0 Å². The molecule has 0 amide bonds. The normalized spacial score (nSPS) is 11.3. The molecule has 0 aromatic rings. The van der Waals surface area contributed by atoms with Crippen molar-refractivity contribution < 1.29 is 0 Å². The molecule has 0 saturated carbocycles. The molecule has 0 atom stereocenters. The molecule has 0 unspecified atom stereocenters. The quantitative estimate of drug-likeness (QED) is 0.447. The molecule has 42 valence electrons. The van der Waals surface area contributed by atoms with E-state index in [4.69, 9.17) is 33.7 Å². The van der Waals surface area contributed by atoms with Crippen molar-refractivity contribution in [3.63, 3.8) is 0 Å². The number of hydrogen-bond donors (Lipinski definition) is 0. The van der Waals surface area contributed by atoms with Crippen molar-refractivity contribution in [2.45, 2.75) is 0 Å². The summed E-state index contributed by atoms with van der Waals surface area (Å²) < 4.78 is 0. The van der Waals surface area contributed by atoms with Gasteiger partial charge in [-0.1, -0.05) is 12.7 Å². The van der Waals surface area contributed by atoms with Crippen LogP contribution in [0.2, 0.25) is 0 Å². The highest BCUT2D eigenvalue weighted by Gasteiger charge is 2.29. The minimum Gasteiger partial charge on any atom is -0.0993 e. The van der Waals surface area contributed by atoms with Crippen molar-refractivity contribution in [1.82, 2.24) is 0 Å². The molecule has 0 heterocycles. The van der Waals surface area contributed by atoms with E-state index in [1.807, 2.05) is 0 Å². The maximum absolute atomic E-state index is 5.40. The first-order valence-corrected chi connectivity index (χ1v) is 6.33. The minimum absolute atomic E-state index is 0.512. The van der Waals surface area contributed by atoms with Crippen molar-refractivity contribution in [2.24, 2.45) is 0 Å². The lowest BCUT2D eigenvalue weighted by Crippen LogP contribution is -1.66. The number of allylic oxidation sites excluding steroid dienone is 1. The van der Waals surface area contributed by atoms with E-state index in [9.17, 15) is 0 Å². The van der Waals surface area contributed by atoms with Crippen LogP contribution < -0.4 is 0 Å². The second-order valence-electron chi connectivity index (χ2n) is 1.02. The number of hydrogen-bond acceptors (Lipinski definition) is 0. The molecule has 0 aliphatic rings. The molecule has 0 spiro atoms. The zero-order chi connectivity index (χ0) is 5.91. The molecule has 0 aliphatic carbocycles. The lowest BCUT2D eigenvalue weighted by molar-refractivity contribution is 1.81. The maximum Gasteiger partial charge on any atom is 0.311 e. The van der Waals surface area contributed by atoms with Crippen LogP contribution in [0.1, 0.15) is 0 Å². The molecule has 0 bridgehead atoms. The van der Waals surface area contributed by atoms with Crippen molar-refractivity contribution >= 4 is 39.0 Å². The third kappa shape index (κ3) is 7.04. The Kier molecular flexibility index (Phi) is 3.61. The summed E-state index contributed by atoms with van der Waals surface area (Å²) in [5, 5.41) is -2.12. The van der Waals surface area contributed by atoms with E-state index in [0.717, 1.165) is 0 Å². The van der Waals surface area contributed by atoms with Crippen LogP contribution >= 0.6 is 39.0 Å². The molecule has 0 aliphatic heterocycles. The van der Waals surface area contributed by atoms with E-state index in [0.29, 0.717) is 6.16 Å². The molecule has 0 radical (unpaired) electrons. The van der Waals surface area contributed by atoms with E-state index in [2.05, 4.69) is 6.58 Å². The van der Waals surface area contributed by atoms with Gasteiger partial charge >= 0.3 is 5.32 Å². The van der Waals surface area contributed by atoms with Crippen molar-refractivity contribution in [2.75, 3.05) is 6.16 Å². The Morgan fingerprint density at radius 3 is 1.86 bits per heavy atom. The first-order valence-electron chi connectivity index (χ1n) is 1.64. The summed E-state index contributed by atoms with van der Waals surface area (Å²) in [5.74, 6) is 0. The summed E-state index contributed by atoms with van der Waals surface area (Å²) in [4.78, 5) is 0. The highest BCUT2D eigenvalue weighted by Crippen LogP contribution is 2.73. The Morgan fingerprint density at radius 1 is 1.43 bits per heavy atom. The molecule has 7 heavy (non-hydrogen) atoms. The molecular formula is C3H5Cl3P+. The molecule has 0 aromatic carbocycles. The largest absolute Gasteiger partial charge is 0.311 e. The third-order valence-electron chi connectivity index (χ3n) is 0.336. The topological polar surface area (TPSA) is 0 Å². The van der Waals surface area contributed by atoms with Crippen LogP contribution in [0.15, 0.2) is 12.7 Å². The predicted molar refractivity (Wildman–Crippen MR) is 39.5 cm³/mol. The molecule has 0 saturated heterocycles. The van der Waals surface area contributed by atoms with E-state index in [1.54, 1.807) is 6.08 Å². The lowest BCUT2D eigenvalue weighted by atomic mass is 10.8. The molecule has 4 heteroatoms. The number of halogens is 3. The van der Waals surface area contributed by atoms with Crippen LogP contribution in [0.5, 0.6) is 0 Å². The molecule has 0 N–H and O–H groups in total. The molecule has 0 aromatic heterocycles. The van der Waals surface area contributed by atoms with Gasteiger partial charge in [0.15, 0.2) is 0 Å². The smallest absolute Gasteiger partial charge is 0.0993 e. The van der Waals surface area contributed by atoms with E-state index >= 15 is 0 Å². The van der Waals surface area contributed by atoms with E-state index < -0.39 is 5.32 Å². The first-order chi connectivity index (χ1) is 3.06. The molecule has 0 rings (SSSR count). The Balaban J connectivity index is 3.34. The fourth-order valence-corrected chi connectivity index (χ4v) is 1.32. The second-order valence-corrected chi connectivity index (χ2v) is 9.24. The van der Waals surface area contributed by atoms with Crippen LogP contribution in [0, 0.1) is 0 Å². The van der Waals surface area contributed by atoms with Crippen LogP contribution in [0.4, 0.5) is 0 Å². The fourth-order valence-electron chi connectivity index (χ4n) is 0.146. The van der Waals surface area contributed by atoms with Gasteiger partial charge in [0.2, 0.25) is 0 Å². The standard InChI is InChI=1S/C3H5Cl3P/c1-2-3-7(4,5)6/h2H,1,3H2/q+1. The zero-order valence-electron chi connectivity index (χ0n) is 3.57. The van der Waals surface area contributed by atoms with Gasteiger partial charge < -0.3 is 0 Å². The average molecular weight is 178 g/mol. The van der Waals surface area contributed by atoms with Gasteiger partial charge in [-0.05, 0) is 0 Å². The van der Waals surface area contributed by atoms with Gasteiger partial charge in [-0.2, -0.15) is 0 Å². The number of rotatable bonds is 2. The van der Waals surface area contributed by atoms with Gasteiger partial charge in [0.25, 0.3) is 0 Å². The summed E-state index contributed by atoms with van der Waals surface area (Å²) in [6, 6.07) is 0. The summed E-state index contributed by atoms with van der Waals surface area (Å²) in [6.45, 7) is 3.42. The van der Waals surface area contributed by atoms with Crippen LogP contribution in [0.3, 0.4) is 0 Å². The fraction of sp³-hybridized carbons (Fsp3) is 0.333. The van der Waals surface area contributed by atoms with Crippen molar-refractivity contribution in [1.29, 1.82) is 0 Å². The van der Waals surface area contributed by atoms with Crippen molar-refractivity contribution in [3.05, 3.63) is 12.7 Å². The van der Waals surface area contributed by atoms with Gasteiger partial charge in [-0.3, -0.25) is 0 Å². The minimum atomic E-state index is -2.12. The summed E-state index contributed by atoms with van der Waals surface area (Å²) >= 11 is 16.2. The van der Waals surface area contributed by atoms with E-state index in [1.165, 1.54) is 0 Å². The van der Waals surface area contributed by atoms with Gasteiger partial charge in [0.1, 0.15) is 39.9 Å². The highest BCUT2D eigenvalue weighted by molar-refractivity contribution is 8.32. The molecule has 0 fully saturated rings. The summed E-state index contributed by atoms with van der Waals surface area (Å²) in [7, 11) is 0. The zero-order valence-corrected chi connectivity index (χ0v) is 6.73. The van der Waals surface area contributed by atoms with Gasteiger partial charge in [-0.15, -0.1) is 0 Å². The Bertz CT molecular complexity index is 65.1. The SMILES string of the molecule is C=CC[P+](Cl)(Cl)Cl. The Labute approximate surface area is 58.2 Å². The second kappa shape index (κ2) is 3.14. The third-order valence-corrected chi connectivity index (χ3v) is 2.25. The van der Waals surface area contributed by atoms with Gasteiger partial charge in [-0.25, -0.2) is 0 Å². The average Bonchev–Trinajstić information content (AvgIpc) is 1.30. The summed E-state index contributed by atoms with van der Waals surface area (Å²) in [5.41, 5.74) is 0. The Hall–Kier alpha value is 1.04. The summed E-state index contributed by atoms with van der Waals surface area (Å²) in [6.07, 6.45) is 2.12. The van der Waals surface area contributed by atoms with E-state index in [-0.39, 0.29) is 0 Å². The molecular weight excluding hydrogens is 173 g/mol. The van der Waals surface area contributed by atoms with Gasteiger partial charge in [0, 0.05) is 0 Å². The van der Waals surface area contributed by atoms with Crippen LogP contribution in [-0.2, 0) is 0 Å². The molecule has 0 nitrogen and oxygen atoms in total.